The van der Waals surface area contributed by atoms with E-state index in [1.54, 1.807) is 36.4 Å². The highest BCUT2D eigenvalue weighted by Gasteiger charge is 2.08. The molecule has 5 nitrogen and oxygen atoms in total. The summed E-state index contributed by atoms with van der Waals surface area (Å²) in [6, 6.07) is 15.2. The highest BCUT2D eigenvalue weighted by atomic mass is 35.5. The smallest absolute Gasteiger partial charge is 0.264 e. The summed E-state index contributed by atoms with van der Waals surface area (Å²) in [4.78, 5) is 11.1. The van der Waals surface area contributed by atoms with Crippen molar-refractivity contribution in [3.63, 3.8) is 0 Å². The number of aromatic nitrogens is 2. The molecule has 3 aromatic rings. The maximum absolute atomic E-state index is 11.1. The number of rotatable bonds is 4. The summed E-state index contributed by atoms with van der Waals surface area (Å²) >= 11 is 12.2. The van der Waals surface area contributed by atoms with Crippen molar-refractivity contribution in [1.29, 1.82) is 5.26 Å². The number of hydrogen-bond donors (Lipinski definition) is 1. The van der Waals surface area contributed by atoms with Crippen LogP contribution >= 0.6 is 23.2 Å². The van der Waals surface area contributed by atoms with E-state index in [4.69, 9.17) is 33.2 Å². The Morgan fingerprint density at radius 3 is 2.68 bits per heavy atom. The molecule has 2 aromatic carbocycles. The number of hydrogen-bond acceptors (Lipinski definition) is 4. The van der Waals surface area contributed by atoms with Gasteiger partial charge in [0.2, 0.25) is 0 Å². The molecule has 124 valence electrons. The van der Waals surface area contributed by atoms with Crippen molar-refractivity contribution >= 4 is 23.2 Å². The first-order valence-corrected chi connectivity index (χ1v) is 8.00. The third kappa shape index (κ3) is 4.38. The Morgan fingerprint density at radius 1 is 1.12 bits per heavy atom. The Kier molecular flexibility index (Phi) is 5.03. The molecule has 0 aliphatic heterocycles. The Hall–Kier alpha value is -2.81. The van der Waals surface area contributed by atoms with Gasteiger partial charge in [0.15, 0.2) is 0 Å². The molecule has 0 spiro atoms. The summed E-state index contributed by atoms with van der Waals surface area (Å²) in [5.74, 6) is 0.861. The first-order valence-electron chi connectivity index (χ1n) is 7.25. The second kappa shape index (κ2) is 7.39. The minimum atomic E-state index is -0.252. The fraction of sp³-hybridized carbons (Fsp3) is 0.0556. The zero-order valence-electron chi connectivity index (χ0n) is 12.8. The monoisotopic (exact) mass is 371 g/mol. The highest BCUT2D eigenvalue weighted by Crippen LogP contribution is 2.32. The molecule has 0 saturated carbocycles. The van der Waals surface area contributed by atoms with Gasteiger partial charge < -0.3 is 4.74 Å². The molecule has 1 heterocycles. The summed E-state index contributed by atoms with van der Waals surface area (Å²) in [6.07, 6.45) is 0.503. The molecule has 3 rings (SSSR count). The first-order chi connectivity index (χ1) is 12.0. The van der Waals surface area contributed by atoms with Gasteiger partial charge in [-0.25, -0.2) is 5.10 Å². The number of nitriles is 1. The molecular formula is C18H11Cl2N3O2. The molecule has 1 N–H and O–H groups in total. The third-order valence-electron chi connectivity index (χ3n) is 3.35. The highest BCUT2D eigenvalue weighted by molar-refractivity contribution is 6.32. The predicted octanol–water partition coefficient (Wildman–Crippen LogP) is 4.33. The molecule has 0 atom stereocenters. The lowest BCUT2D eigenvalue weighted by Gasteiger charge is -2.10. The van der Waals surface area contributed by atoms with E-state index < -0.39 is 0 Å². The third-order valence-corrected chi connectivity index (χ3v) is 3.88. The minimum Gasteiger partial charge on any atom is -0.456 e. The zero-order valence-corrected chi connectivity index (χ0v) is 14.3. The lowest BCUT2D eigenvalue weighted by atomic mass is 10.1. The van der Waals surface area contributed by atoms with Crippen molar-refractivity contribution < 1.29 is 4.74 Å². The standard InChI is InChI=1S/C18H11Cl2N3O2/c19-13-5-12(10-21)7-15(9-13)25-17-8-11(1-3-16(17)20)6-14-2-4-18(24)23-22-14/h1-5,7-9H,6H2,(H,23,24). The van der Waals surface area contributed by atoms with Crippen molar-refractivity contribution in [1.82, 2.24) is 10.2 Å². The van der Waals surface area contributed by atoms with Gasteiger partial charge in [0.1, 0.15) is 11.5 Å². The molecule has 7 heteroatoms. The maximum atomic E-state index is 11.1. The van der Waals surface area contributed by atoms with Crippen LogP contribution in [0, 0.1) is 11.3 Å². The second-order valence-electron chi connectivity index (χ2n) is 5.24. The number of benzene rings is 2. The van der Waals surface area contributed by atoms with Crippen LogP contribution in [0.2, 0.25) is 10.0 Å². The van der Waals surface area contributed by atoms with Crippen LogP contribution in [-0.2, 0) is 6.42 Å². The fourth-order valence-electron chi connectivity index (χ4n) is 2.23. The van der Waals surface area contributed by atoms with Gasteiger partial charge in [-0.2, -0.15) is 10.4 Å². The SMILES string of the molecule is N#Cc1cc(Cl)cc(Oc2cc(Cc3ccc(=O)[nH]n3)ccc2Cl)c1. The Morgan fingerprint density at radius 2 is 1.96 bits per heavy atom. The van der Waals surface area contributed by atoms with Gasteiger partial charge in [0.05, 0.1) is 22.3 Å². The molecule has 0 aliphatic rings. The molecule has 1 aromatic heterocycles. The van der Waals surface area contributed by atoms with Gasteiger partial charge >= 0.3 is 0 Å². The molecule has 0 saturated heterocycles. The summed E-state index contributed by atoms with van der Waals surface area (Å²) in [5.41, 5.74) is 1.76. The van der Waals surface area contributed by atoms with Crippen LogP contribution in [0.1, 0.15) is 16.8 Å². The van der Waals surface area contributed by atoms with Crippen LogP contribution in [0.5, 0.6) is 11.5 Å². The Labute approximate surface area is 153 Å². The Balaban J connectivity index is 1.87. The average Bonchev–Trinajstić information content (AvgIpc) is 2.59. The summed E-state index contributed by atoms with van der Waals surface area (Å²) < 4.78 is 5.78. The quantitative estimate of drug-likeness (QED) is 0.739. The van der Waals surface area contributed by atoms with Crippen LogP contribution in [0.4, 0.5) is 0 Å². The van der Waals surface area contributed by atoms with E-state index in [-0.39, 0.29) is 5.56 Å². The molecule has 0 fully saturated rings. The molecule has 0 aliphatic carbocycles. The molecular weight excluding hydrogens is 361 g/mol. The van der Waals surface area contributed by atoms with E-state index in [0.717, 1.165) is 5.56 Å². The van der Waals surface area contributed by atoms with Crippen LogP contribution in [0.3, 0.4) is 0 Å². The average molecular weight is 372 g/mol. The fourth-order valence-corrected chi connectivity index (χ4v) is 2.61. The van der Waals surface area contributed by atoms with Gasteiger partial charge in [0.25, 0.3) is 5.56 Å². The van der Waals surface area contributed by atoms with Gasteiger partial charge in [-0.15, -0.1) is 0 Å². The van der Waals surface area contributed by atoms with E-state index in [1.807, 2.05) is 12.1 Å². The van der Waals surface area contributed by atoms with E-state index in [0.29, 0.717) is 39.2 Å². The molecule has 0 unspecified atom stereocenters. The number of H-pyrrole nitrogens is 1. The normalized spacial score (nSPS) is 10.3. The summed E-state index contributed by atoms with van der Waals surface area (Å²) in [5, 5.41) is 16.2. The summed E-state index contributed by atoms with van der Waals surface area (Å²) in [7, 11) is 0. The molecule has 0 bridgehead atoms. The topological polar surface area (TPSA) is 78.8 Å². The van der Waals surface area contributed by atoms with Crippen molar-refractivity contribution in [2.24, 2.45) is 0 Å². The minimum absolute atomic E-state index is 0.252. The number of nitrogens with one attached hydrogen (secondary N) is 1. The van der Waals surface area contributed by atoms with E-state index in [9.17, 15) is 4.79 Å². The van der Waals surface area contributed by atoms with E-state index >= 15 is 0 Å². The summed E-state index contributed by atoms with van der Waals surface area (Å²) in [6.45, 7) is 0. The van der Waals surface area contributed by atoms with Crippen molar-refractivity contribution in [3.05, 3.63) is 85.8 Å². The van der Waals surface area contributed by atoms with Gasteiger partial charge in [-0.05, 0) is 42.0 Å². The zero-order chi connectivity index (χ0) is 17.8. The van der Waals surface area contributed by atoms with Gasteiger partial charge in [-0.1, -0.05) is 29.3 Å². The van der Waals surface area contributed by atoms with Gasteiger partial charge in [-0.3, -0.25) is 4.79 Å². The lowest BCUT2D eigenvalue weighted by molar-refractivity contribution is 0.482. The molecule has 0 amide bonds. The largest absolute Gasteiger partial charge is 0.456 e. The lowest BCUT2D eigenvalue weighted by Crippen LogP contribution is -2.07. The van der Waals surface area contributed by atoms with Crippen LogP contribution in [0.25, 0.3) is 0 Å². The first kappa shape index (κ1) is 17.0. The second-order valence-corrected chi connectivity index (χ2v) is 6.09. The van der Waals surface area contributed by atoms with Crippen LogP contribution in [0.15, 0.2) is 53.3 Å². The van der Waals surface area contributed by atoms with Crippen molar-refractivity contribution in [2.75, 3.05) is 0 Å². The van der Waals surface area contributed by atoms with Crippen LogP contribution < -0.4 is 10.3 Å². The Bertz CT molecular complexity index is 1010. The molecule has 25 heavy (non-hydrogen) atoms. The predicted molar refractivity (Wildman–Crippen MR) is 95.4 cm³/mol. The van der Waals surface area contributed by atoms with Gasteiger partial charge in [0, 0.05) is 17.5 Å². The van der Waals surface area contributed by atoms with Crippen molar-refractivity contribution in [2.45, 2.75) is 6.42 Å². The number of aromatic amines is 1. The van der Waals surface area contributed by atoms with E-state index in [2.05, 4.69) is 10.2 Å². The number of halogens is 2. The van der Waals surface area contributed by atoms with E-state index in [1.165, 1.54) is 6.07 Å². The number of ether oxygens (including phenoxy) is 1. The maximum Gasteiger partial charge on any atom is 0.264 e. The molecule has 0 radical (unpaired) electrons. The van der Waals surface area contributed by atoms with Crippen LogP contribution in [-0.4, -0.2) is 10.2 Å². The number of nitrogens with zero attached hydrogens (tertiary/aromatic N) is 2. The van der Waals surface area contributed by atoms with Crippen molar-refractivity contribution in [3.8, 4) is 17.6 Å².